The molecule has 4 heteroatoms. The smallest absolute Gasteiger partial charge is 0.145 e. The number of furan rings is 1. The van der Waals surface area contributed by atoms with E-state index >= 15 is 0 Å². The Labute approximate surface area is 346 Å². The lowest BCUT2D eigenvalue weighted by Crippen LogP contribution is -2.34. The van der Waals surface area contributed by atoms with E-state index in [4.69, 9.17) is 14.1 Å². The lowest BCUT2D eigenvalue weighted by Gasteiger charge is -2.42. The number of imidazole rings is 1. The normalized spacial score (nSPS) is 14.9. The Morgan fingerprint density at radius 1 is 0.400 bits per heavy atom. The fourth-order valence-corrected chi connectivity index (χ4v) is 10.1. The molecular weight excluding hydrogens is 733 g/mol. The minimum absolute atomic E-state index is 0.780. The summed E-state index contributed by atoms with van der Waals surface area (Å²) in [7, 11) is 0. The second kappa shape index (κ2) is 12.5. The minimum atomic E-state index is -0.780. The highest BCUT2D eigenvalue weighted by atomic mass is 16.5. The van der Waals surface area contributed by atoms with Crippen LogP contribution in [0.15, 0.2) is 211 Å². The zero-order chi connectivity index (χ0) is 39.4. The van der Waals surface area contributed by atoms with Crippen LogP contribution < -0.4 is 4.74 Å². The van der Waals surface area contributed by atoms with Gasteiger partial charge in [-0.1, -0.05) is 152 Å². The van der Waals surface area contributed by atoms with Gasteiger partial charge in [0.25, 0.3) is 0 Å². The van der Waals surface area contributed by atoms with Crippen LogP contribution in [0.5, 0.6) is 11.5 Å². The van der Waals surface area contributed by atoms with Crippen molar-refractivity contribution in [3.63, 3.8) is 0 Å². The summed E-state index contributed by atoms with van der Waals surface area (Å²) in [5.41, 5.74) is 16.6. The molecule has 0 amide bonds. The highest BCUT2D eigenvalue weighted by Crippen LogP contribution is 2.62. The molecule has 0 saturated carbocycles. The second-order valence-electron chi connectivity index (χ2n) is 15.8. The molecule has 0 bridgehead atoms. The van der Waals surface area contributed by atoms with E-state index in [9.17, 15) is 0 Å². The predicted octanol–water partition coefficient (Wildman–Crippen LogP) is 14.4. The van der Waals surface area contributed by atoms with Gasteiger partial charge in [-0.05, 0) is 99.1 Å². The molecule has 60 heavy (non-hydrogen) atoms. The number of aromatic nitrogens is 2. The Kier molecular flexibility index (Phi) is 6.90. The average Bonchev–Trinajstić information content (AvgIpc) is 3.86. The summed E-state index contributed by atoms with van der Waals surface area (Å²) in [5.74, 6) is 2.58. The largest absolute Gasteiger partial charge is 0.457 e. The van der Waals surface area contributed by atoms with Crippen LogP contribution in [0.1, 0.15) is 22.3 Å². The van der Waals surface area contributed by atoms with Crippen LogP contribution >= 0.6 is 0 Å². The minimum Gasteiger partial charge on any atom is -0.457 e. The summed E-state index contributed by atoms with van der Waals surface area (Å²) in [6, 6.07) is 73.8. The number of rotatable bonds is 3. The molecule has 9 aromatic carbocycles. The third-order valence-electron chi connectivity index (χ3n) is 12.7. The highest BCUT2D eigenvalue weighted by molar-refractivity contribution is 6.06. The third-order valence-corrected chi connectivity index (χ3v) is 12.7. The van der Waals surface area contributed by atoms with Gasteiger partial charge in [0.2, 0.25) is 0 Å². The average molecular weight is 767 g/mol. The molecule has 1 atom stereocenters. The van der Waals surface area contributed by atoms with Gasteiger partial charge in [-0.15, -0.1) is 0 Å². The molecule has 4 nitrogen and oxygen atoms in total. The van der Waals surface area contributed by atoms with E-state index < -0.39 is 5.41 Å². The first-order valence-electron chi connectivity index (χ1n) is 20.4. The highest BCUT2D eigenvalue weighted by Gasteiger charge is 2.49. The van der Waals surface area contributed by atoms with Crippen LogP contribution in [0.2, 0.25) is 0 Å². The Hall–Kier alpha value is -7.95. The fraction of sp³-hybridized carbons (Fsp3) is 0.0179. The fourth-order valence-electron chi connectivity index (χ4n) is 10.1. The van der Waals surface area contributed by atoms with Crippen molar-refractivity contribution in [3.8, 4) is 62.0 Å². The molecule has 0 radical (unpaired) electrons. The summed E-state index contributed by atoms with van der Waals surface area (Å²) < 4.78 is 15.9. The molecule has 0 saturated heterocycles. The lowest BCUT2D eigenvalue weighted by molar-refractivity contribution is 0.435. The molecule has 280 valence electrons. The number of hydrogen-bond acceptors (Lipinski definition) is 3. The van der Waals surface area contributed by atoms with Gasteiger partial charge in [-0.2, -0.15) is 0 Å². The predicted molar refractivity (Wildman–Crippen MR) is 242 cm³/mol. The maximum atomic E-state index is 6.98. The van der Waals surface area contributed by atoms with E-state index in [0.717, 1.165) is 83.8 Å². The van der Waals surface area contributed by atoms with Crippen molar-refractivity contribution in [1.82, 2.24) is 9.55 Å². The van der Waals surface area contributed by atoms with E-state index in [-0.39, 0.29) is 0 Å². The molecule has 11 aromatic rings. The molecule has 1 aliphatic carbocycles. The molecule has 2 aromatic heterocycles. The molecule has 0 N–H and O–H groups in total. The van der Waals surface area contributed by atoms with Crippen LogP contribution in [0.3, 0.4) is 0 Å². The first-order chi connectivity index (χ1) is 29.7. The maximum Gasteiger partial charge on any atom is 0.145 e. The van der Waals surface area contributed by atoms with Crippen LogP contribution in [-0.2, 0) is 5.41 Å². The van der Waals surface area contributed by atoms with Gasteiger partial charge in [0.05, 0.1) is 16.4 Å². The molecule has 13 rings (SSSR count). The van der Waals surface area contributed by atoms with Gasteiger partial charge in [0.15, 0.2) is 0 Å². The molecular formula is C56H34N2O2. The van der Waals surface area contributed by atoms with Crippen molar-refractivity contribution in [2.24, 2.45) is 0 Å². The van der Waals surface area contributed by atoms with Crippen molar-refractivity contribution in [2.75, 3.05) is 0 Å². The van der Waals surface area contributed by atoms with E-state index in [1.165, 1.54) is 33.4 Å². The zero-order valence-corrected chi connectivity index (χ0v) is 32.3. The van der Waals surface area contributed by atoms with Crippen molar-refractivity contribution >= 4 is 33.0 Å². The topological polar surface area (TPSA) is 40.2 Å². The van der Waals surface area contributed by atoms with E-state index in [2.05, 4.69) is 193 Å². The number of hydrogen-bond donors (Lipinski definition) is 0. The summed E-state index contributed by atoms with van der Waals surface area (Å²) in [6.45, 7) is 0. The summed E-state index contributed by atoms with van der Waals surface area (Å²) in [5, 5.41) is 2.11. The van der Waals surface area contributed by atoms with E-state index in [0.29, 0.717) is 0 Å². The zero-order valence-electron chi connectivity index (χ0n) is 32.3. The number of ether oxygens (including phenoxy) is 1. The Bertz CT molecular complexity index is 3530. The summed E-state index contributed by atoms with van der Waals surface area (Å²) in [6.07, 6.45) is 0. The van der Waals surface area contributed by atoms with Gasteiger partial charge in [0.1, 0.15) is 28.5 Å². The van der Waals surface area contributed by atoms with Gasteiger partial charge in [-0.25, -0.2) is 4.98 Å². The number of benzene rings is 9. The SMILES string of the molecule is c1ccc(-c2nc3cc(-c4ccc5c(c4)C4(c6ccccc6Oc6cc7c(cc64)oc4ccccc47)c4ccccc4-c4ccccc4-5)ccc3n2-c2ccccc2)cc1. The number of nitrogens with zero attached hydrogens (tertiary/aromatic N) is 2. The second-order valence-corrected chi connectivity index (χ2v) is 15.8. The Morgan fingerprint density at radius 2 is 1.05 bits per heavy atom. The monoisotopic (exact) mass is 766 g/mol. The van der Waals surface area contributed by atoms with Crippen LogP contribution in [0.4, 0.5) is 0 Å². The summed E-state index contributed by atoms with van der Waals surface area (Å²) in [4.78, 5) is 5.33. The van der Waals surface area contributed by atoms with Crippen LogP contribution in [0.25, 0.3) is 83.4 Å². The molecule has 1 spiro atoms. The Morgan fingerprint density at radius 3 is 1.88 bits per heavy atom. The summed E-state index contributed by atoms with van der Waals surface area (Å²) >= 11 is 0. The van der Waals surface area contributed by atoms with Gasteiger partial charge >= 0.3 is 0 Å². The quantitative estimate of drug-likeness (QED) is 0.180. The first-order valence-corrected chi connectivity index (χ1v) is 20.4. The van der Waals surface area contributed by atoms with Gasteiger partial charge in [-0.3, -0.25) is 4.57 Å². The van der Waals surface area contributed by atoms with Crippen molar-refractivity contribution in [1.29, 1.82) is 0 Å². The van der Waals surface area contributed by atoms with Gasteiger partial charge < -0.3 is 9.15 Å². The van der Waals surface area contributed by atoms with Crippen LogP contribution in [0, 0.1) is 0 Å². The number of fused-ring (bicyclic) bond motifs is 15. The molecule has 0 fully saturated rings. The Balaban J connectivity index is 1.12. The van der Waals surface area contributed by atoms with Crippen molar-refractivity contribution in [2.45, 2.75) is 5.41 Å². The molecule has 2 aliphatic rings. The number of para-hydroxylation sites is 3. The third kappa shape index (κ3) is 4.59. The van der Waals surface area contributed by atoms with Crippen LogP contribution in [-0.4, -0.2) is 9.55 Å². The molecule has 3 heterocycles. The molecule has 1 aliphatic heterocycles. The van der Waals surface area contributed by atoms with E-state index in [1.54, 1.807) is 0 Å². The van der Waals surface area contributed by atoms with Crippen molar-refractivity contribution in [3.05, 3.63) is 229 Å². The molecule has 1 unspecified atom stereocenters. The maximum absolute atomic E-state index is 6.98. The van der Waals surface area contributed by atoms with E-state index in [1.807, 2.05) is 18.2 Å². The first kappa shape index (κ1) is 33.1. The van der Waals surface area contributed by atoms with Crippen molar-refractivity contribution < 1.29 is 9.15 Å². The standard InChI is InChI=1S/C56H34N2O2/c1-3-15-35(16-4-1)55-57-49-32-37(28-30-50(49)58(55)38-17-5-2-6-18-38)36-27-29-42-40-20-8-7-19-39(40)41-21-9-11-23-45(41)56(47(42)31-36)46-24-12-14-26-52(46)60-54-33-44-43-22-10-13-25-51(43)59-53(44)34-48(54)56/h1-34H. The van der Waals surface area contributed by atoms with Gasteiger partial charge in [0, 0.05) is 33.2 Å². The lowest BCUT2D eigenvalue weighted by atomic mass is 9.62.